The highest BCUT2D eigenvalue weighted by Crippen LogP contribution is 2.33. The van der Waals surface area contributed by atoms with Gasteiger partial charge in [-0.1, -0.05) is 12.6 Å². The molecule has 1 atom stereocenters. The number of carbonyl (C=O) groups excluding carboxylic acids is 4. The topological polar surface area (TPSA) is 126 Å². The molecule has 5 heterocycles. The van der Waals surface area contributed by atoms with Gasteiger partial charge >= 0.3 is 0 Å². The molecule has 0 spiro atoms. The number of rotatable bonds is 7. The van der Waals surface area contributed by atoms with Crippen molar-refractivity contribution >= 4 is 29.3 Å². The summed E-state index contributed by atoms with van der Waals surface area (Å²) in [5.41, 5.74) is 2.67. The van der Waals surface area contributed by atoms with Crippen LogP contribution in [0.1, 0.15) is 77.3 Å². The molecule has 0 radical (unpaired) electrons. The standard InChI is InChI=1S/C30H36N6O5/c1-19-5-6-25(28(38)33-19)36-29(39)23-3-2-4-24(27(23)30(36)40)31-16-21-17-32-35(18-21)22-7-11-34(12-8-22)26(37)15-20-9-13-41-14-10-20/h2-4,17-18,20,22,25,31H,1,5-16H2,(H,33,38). The Bertz CT molecular complexity index is 1370. The van der Waals surface area contributed by atoms with Gasteiger partial charge in [0.05, 0.1) is 23.4 Å². The summed E-state index contributed by atoms with van der Waals surface area (Å²) in [7, 11) is 0. The molecule has 0 saturated carbocycles. The summed E-state index contributed by atoms with van der Waals surface area (Å²) in [4.78, 5) is 54.9. The highest BCUT2D eigenvalue weighted by molar-refractivity contribution is 6.25. The van der Waals surface area contributed by atoms with Gasteiger partial charge in [-0.05, 0) is 56.6 Å². The zero-order chi connectivity index (χ0) is 28.5. The molecule has 216 valence electrons. The van der Waals surface area contributed by atoms with Crippen molar-refractivity contribution in [2.45, 2.75) is 63.6 Å². The van der Waals surface area contributed by atoms with Crippen molar-refractivity contribution in [3.05, 3.63) is 59.6 Å². The van der Waals surface area contributed by atoms with Gasteiger partial charge in [0.15, 0.2) is 0 Å². The molecule has 6 rings (SSSR count). The van der Waals surface area contributed by atoms with Crippen LogP contribution in [-0.2, 0) is 20.9 Å². The second kappa shape index (κ2) is 11.5. The predicted molar refractivity (Wildman–Crippen MR) is 150 cm³/mol. The van der Waals surface area contributed by atoms with E-state index >= 15 is 0 Å². The molecular formula is C30H36N6O5. The van der Waals surface area contributed by atoms with Gasteiger partial charge in [-0.2, -0.15) is 5.10 Å². The van der Waals surface area contributed by atoms with Crippen molar-refractivity contribution in [2.24, 2.45) is 5.92 Å². The smallest absolute Gasteiger partial charge is 0.264 e. The van der Waals surface area contributed by atoms with Gasteiger partial charge in [0.2, 0.25) is 11.8 Å². The summed E-state index contributed by atoms with van der Waals surface area (Å²) < 4.78 is 7.38. The molecule has 3 saturated heterocycles. The molecular weight excluding hydrogens is 524 g/mol. The maximum Gasteiger partial charge on any atom is 0.264 e. The number of hydrogen-bond donors (Lipinski definition) is 2. The van der Waals surface area contributed by atoms with E-state index in [-0.39, 0.29) is 17.9 Å². The van der Waals surface area contributed by atoms with E-state index < -0.39 is 17.9 Å². The highest BCUT2D eigenvalue weighted by atomic mass is 16.5. The Labute approximate surface area is 238 Å². The fourth-order valence-corrected chi connectivity index (χ4v) is 6.31. The van der Waals surface area contributed by atoms with E-state index in [4.69, 9.17) is 4.74 Å². The van der Waals surface area contributed by atoms with Crippen molar-refractivity contribution in [1.82, 2.24) is 24.9 Å². The van der Waals surface area contributed by atoms with Gasteiger partial charge < -0.3 is 20.3 Å². The van der Waals surface area contributed by atoms with Crippen LogP contribution < -0.4 is 10.6 Å². The molecule has 4 aliphatic rings. The molecule has 3 fully saturated rings. The number of hydrogen-bond acceptors (Lipinski definition) is 7. The van der Waals surface area contributed by atoms with E-state index in [1.54, 1.807) is 24.4 Å². The summed E-state index contributed by atoms with van der Waals surface area (Å²) in [5.74, 6) is -0.615. The van der Waals surface area contributed by atoms with E-state index in [1.165, 1.54) is 0 Å². The van der Waals surface area contributed by atoms with Gasteiger partial charge in [0.1, 0.15) is 6.04 Å². The van der Waals surface area contributed by atoms with Crippen LogP contribution in [0.3, 0.4) is 0 Å². The quantitative estimate of drug-likeness (QED) is 0.499. The van der Waals surface area contributed by atoms with Gasteiger partial charge in [0, 0.05) is 62.4 Å². The lowest BCUT2D eigenvalue weighted by molar-refractivity contribution is -0.134. The lowest BCUT2D eigenvalue weighted by Crippen LogP contribution is -2.51. The first-order chi connectivity index (χ1) is 19.9. The molecule has 2 aromatic rings. The SMILES string of the molecule is C=C1CCC(N2C(=O)c3cccc(NCc4cnn(C5CCN(C(=O)CC6CCOCC6)CC5)c4)c3C2=O)C(=O)N1. The number of aromatic nitrogens is 2. The Hall–Kier alpha value is -3.99. The minimum Gasteiger partial charge on any atom is -0.381 e. The second-order valence-electron chi connectivity index (χ2n) is 11.4. The number of nitrogens with zero attached hydrogens (tertiary/aromatic N) is 4. The summed E-state index contributed by atoms with van der Waals surface area (Å²) in [6.07, 6.45) is 8.94. The summed E-state index contributed by atoms with van der Waals surface area (Å²) in [5, 5.41) is 10.5. The Morgan fingerprint density at radius 1 is 1.07 bits per heavy atom. The molecule has 4 aliphatic heterocycles. The predicted octanol–water partition coefficient (Wildman–Crippen LogP) is 2.86. The zero-order valence-corrected chi connectivity index (χ0v) is 23.1. The number of fused-ring (bicyclic) bond motifs is 1. The Morgan fingerprint density at radius 3 is 2.61 bits per heavy atom. The van der Waals surface area contributed by atoms with Gasteiger partial charge in [-0.3, -0.25) is 28.8 Å². The number of nitrogens with one attached hydrogen (secondary N) is 2. The molecule has 0 bridgehead atoms. The molecule has 1 unspecified atom stereocenters. The van der Waals surface area contributed by atoms with E-state index in [1.807, 2.05) is 15.8 Å². The van der Waals surface area contributed by atoms with Crippen LogP contribution in [0.15, 0.2) is 42.9 Å². The Kier molecular flexibility index (Phi) is 7.61. The van der Waals surface area contributed by atoms with Gasteiger partial charge in [0.25, 0.3) is 11.8 Å². The van der Waals surface area contributed by atoms with E-state index in [0.29, 0.717) is 54.2 Å². The molecule has 1 aromatic carbocycles. The number of benzene rings is 1. The lowest BCUT2D eigenvalue weighted by Gasteiger charge is -2.33. The summed E-state index contributed by atoms with van der Waals surface area (Å²) >= 11 is 0. The zero-order valence-electron chi connectivity index (χ0n) is 23.1. The average molecular weight is 561 g/mol. The normalized spacial score (nSPS) is 22.2. The van der Waals surface area contributed by atoms with Crippen LogP contribution in [0.5, 0.6) is 0 Å². The first-order valence-electron chi connectivity index (χ1n) is 14.5. The second-order valence-corrected chi connectivity index (χ2v) is 11.4. The first kappa shape index (κ1) is 27.2. The first-order valence-corrected chi connectivity index (χ1v) is 14.5. The number of imide groups is 1. The number of amides is 4. The third kappa shape index (κ3) is 5.50. The monoisotopic (exact) mass is 560 g/mol. The highest BCUT2D eigenvalue weighted by Gasteiger charge is 2.45. The van der Waals surface area contributed by atoms with Crippen molar-refractivity contribution < 1.29 is 23.9 Å². The van der Waals surface area contributed by atoms with Crippen LogP contribution >= 0.6 is 0 Å². The number of ether oxygens (including phenoxy) is 1. The van der Waals surface area contributed by atoms with Crippen molar-refractivity contribution in [3.8, 4) is 0 Å². The third-order valence-electron chi connectivity index (χ3n) is 8.71. The molecule has 2 N–H and O–H groups in total. The van der Waals surface area contributed by atoms with Crippen LogP contribution in [0, 0.1) is 5.92 Å². The minimum absolute atomic E-state index is 0.224. The lowest BCUT2D eigenvalue weighted by atomic mass is 9.95. The van der Waals surface area contributed by atoms with E-state index in [0.717, 1.165) is 62.4 Å². The number of carbonyl (C=O) groups is 4. The van der Waals surface area contributed by atoms with E-state index in [9.17, 15) is 19.2 Å². The number of allylic oxidation sites excluding steroid dienone is 1. The maximum atomic E-state index is 13.4. The number of likely N-dealkylation sites (tertiary alicyclic amines) is 1. The van der Waals surface area contributed by atoms with Crippen LogP contribution in [-0.4, -0.2) is 75.6 Å². The molecule has 11 heteroatoms. The fourth-order valence-electron chi connectivity index (χ4n) is 6.31. The van der Waals surface area contributed by atoms with Crippen molar-refractivity contribution in [3.63, 3.8) is 0 Å². The molecule has 0 aliphatic carbocycles. The van der Waals surface area contributed by atoms with E-state index in [2.05, 4.69) is 22.3 Å². The largest absolute Gasteiger partial charge is 0.381 e. The molecule has 41 heavy (non-hydrogen) atoms. The molecule has 1 aromatic heterocycles. The third-order valence-corrected chi connectivity index (χ3v) is 8.71. The summed E-state index contributed by atoms with van der Waals surface area (Å²) in [6, 6.07) is 4.51. The van der Waals surface area contributed by atoms with Crippen LogP contribution in [0.25, 0.3) is 0 Å². The van der Waals surface area contributed by atoms with Crippen LogP contribution in [0.2, 0.25) is 0 Å². The number of piperidine rings is 2. The Balaban J connectivity index is 1.05. The maximum absolute atomic E-state index is 13.4. The van der Waals surface area contributed by atoms with Crippen LogP contribution in [0.4, 0.5) is 5.69 Å². The Morgan fingerprint density at radius 2 is 1.85 bits per heavy atom. The van der Waals surface area contributed by atoms with Crippen molar-refractivity contribution in [2.75, 3.05) is 31.6 Å². The summed E-state index contributed by atoms with van der Waals surface area (Å²) in [6.45, 7) is 7.17. The van der Waals surface area contributed by atoms with Crippen molar-refractivity contribution in [1.29, 1.82) is 0 Å². The van der Waals surface area contributed by atoms with Gasteiger partial charge in [-0.15, -0.1) is 0 Å². The minimum atomic E-state index is -0.845. The molecule has 4 amide bonds. The molecule has 11 nitrogen and oxygen atoms in total. The van der Waals surface area contributed by atoms with Gasteiger partial charge in [-0.25, -0.2) is 0 Å². The average Bonchev–Trinajstić information content (AvgIpc) is 3.56. The number of anilines is 1. The fraction of sp³-hybridized carbons (Fsp3) is 0.500.